The molecular weight excluding hydrogens is 171 g/mol. The van der Waals surface area contributed by atoms with Crippen LogP contribution in [0.2, 0.25) is 0 Å². The van der Waals surface area contributed by atoms with Crippen molar-refractivity contribution in [3.63, 3.8) is 0 Å². The van der Waals surface area contributed by atoms with Gasteiger partial charge in [0.1, 0.15) is 5.82 Å². The highest BCUT2D eigenvalue weighted by Gasteiger charge is 2.14. The van der Waals surface area contributed by atoms with Crippen LogP contribution in [0.4, 0.5) is 4.39 Å². The number of hydrogen-bond acceptors (Lipinski definition) is 3. The Morgan fingerprint density at radius 3 is 2.62 bits per heavy atom. The fourth-order valence-corrected chi connectivity index (χ4v) is 0.996. The number of aromatic nitrogens is 1. The van der Waals surface area contributed by atoms with Gasteiger partial charge in [-0.3, -0.25) is 4.98 Å². The van der Waals surface area contributed by atoms with Crippen LogP contribution in [0.25, 0.3) is 0 Å². The van der Waals surface area contributed by atoms with Crippen molar-refractivity contribution in [1.29, 1.82) is 0 Å². The van der Waals surface area contributed by atoms with Crippen LogP contribution in [0.3, 0.4) is 0 Å². The Hall–Kier alpha value is -1.00. The molecule has 1 heterocycles. The number of pyridine rings is 1. The van der Waals surface area contributed by atoms with Gasteiger partial charge in [-0.2, -0.15) is 0 Å². The molecule has 0 bridgehead atoms. The monoisotopic (exact) mass is 184 g/mol. The third-order valence-corrected chi connectivity index (χ3v) is 1.90. The van der Waals surface area contributed by atoms with E-state index in [0.29, 0.717) is 11.4 Å². The van der Waals surface area contributed by atoms with Crippen LogP contribution >= 0.6 is 0 Å². The Balaban J connectivity index is 2.97. The molecule has 0 radical (unpaired) electrons. The van der Waals surface area contributed by atoms with E-state index in [1.54, 1.807) is 13.8 Å². The molecule has 4 heteroatoms. The summed E-state index contributed by atoms with van der Waals surface area (Å²) in [5.41, 5.74) is 6.43. The molecule has 0 aromatic carbocycles. The topological polar surface area (TPSA) is 59.1 Å². The Kier molecular flexibility index (Phi) is 2.95. The smallest absolute Gasteiger partial charge is 0.144 e. The summed E-state index contributed by atoms with van der Waals surface area (Å²) in [6.07, 6.45) is -0.683. The average Bonchev–Trinajstić information content (AvgIpc) is 2.08. The summed E-state index contributed by atoms with van der Waals surface area (Å²) in [5.74, 6) is -0.360. The van der Waals surface area contributed by atoms with Gasteiger partial charge in [0.05, 0.1) is 23.5 Å². The Morgan fingerprint density at radius 2 is 2.15 bits per heavy atom. The lowest BCUT2D eigenvalue weighted by atomic mass is 10.1. The summed E-state index contributed by atoms with van der Waals surface area (Å²) in [5, 5.41) is 9.18. The molecule has 0 spiro atoms. The molecule has 0 saturated heterocycles. The van der Waals surface area contributed by atoms with Gasteiger partial charge in [-0.15, -0.1) is 0 Å². The number of nitrogens with two attached hydrogens (primary N) is 1. The molecule has 13 heavy (non-hydrogen) atoms. The van der Waals surface area contributed by atoms with E-state index in [2.05, 4.69) is 4.98 Å². The largest absolute Gasteiger partial charge is 0.391 e. The predicted octanol–water partition coefficient (Wildman–Crippen LogP) is 0.910. The highest BCUT2D eigenvalue weighted by atomic mass is 19.1. The summed E-state index contributed by atoms with van der Waals surface area (Å²) >= 11 is 0. The van der Waals surface area contributed by atoms with Crippen molar-refractivity contribution < 1.29 is 9.50 Å². The van der Waals surface area contributed by atoms with Crippen LogP contribution in [0.1, 0.15) is 24.4 Å². The maximum Gasteiger partial charge on any atom is 0.144 e. The van der Waals surface area contributed by atoms with Gasteiger partial charge < -0.3 is 10.8 Å². The fourth-order valence-electron chi connectivity index (χ4n) is 0.996. The second kappa shape index (κ2) is 3.81. The van der Waals surface area contributed by atoms with E-state index in [0.717, 1.165) is 0 Å². The number of halogens is 1. The van der Waals surface area contributed by atoms with Gasteiger partial charge in [0.2, 0.25) is 0 Å². The number of aliphatic hydroxyl groups is 1. The molecule has 0 saturated carbocycles. The van der Waals surface area contributed by atoms with Gasteiger partial charge in [0.15, 0.2) is 0 Å². The van der Waals surface area contributed by atoms with E-state index >= 15 is 0 Å². The van der Waals surface area contributed by atoms with Crippen LogP contribution in [0.15, 0.2) is 12.1 Å². The number of rotatable bonds is 2. The van der Waals surface area contributed by atoms with Crippen molar-refractivity contribution in [2.24, 2.45) is 5.73 Å². The maximum absolute atomic E-state index is 12.8. The van der Waals surface area contributed by atoms with E-state index in [-0.39, 0.29) is 5.82 Å². The van der Waals surface area contributed by atoms with E-state index in [1.807, 2.05) is 0 Å². The molecule has 3 N–H and O–H groups in total. The third-order valence-electron chi connectivity index (χ3n) is 1.90. The summed E-state index contributed by atoms with van der Waals surface area (Å²) < 4.78 is 12.8. The SMILES string of the molecule is Cc1nc([C@@H](N)[C@H](C)O)ccc1F. The first-order valence-corrected chi connectivity index (χ1v) is 4.09. The minimum Gasteiger partial charge on any atom is -0.391 e. The number of aryl methyl sites for hydroxylation is 1. The minimum atomic E-state index is -0.683. The average molecular weight is 184 g/mol. The first-order valence-electron chi connectivity index (χ1n) is 4.09. The van der Waals surface area contributed by atoms with Crippen LogP contribution in [-0.4, -0.2) is 16.2 Å². The molecule has 0 aliphatic heterocycles. The Bertz CT molecular complexity index is 302. The lowest BCUT2D eigenvalue weighted by molar-refractivity contribution is 0.162. The van der Waals surface area contributed by atoms with Crippen LogP contribution in [0.5, 0.6) is 0 Å². The van der Waals surface area contributed by atoms with Gasteiger partial charge in [-0.1, -0.05) is 0 Å². The van der Waals surface area contributed by atoms with Gasteiger partial charge in [0, 0.05) is 0 Å². The lowest BCUT2D eigenvalue weighted by Gasteiger charge is -2.14. The van der Waals surface area contributed by atoms with Gasteiger partial charge in [-0.25, -0.2) is 4.39 Å². The molecule has 0 amide bonds. The molecule has 3 nitrogen and oxygen atoms in total. The molecule has 0 fully saturated rings. The zero-order valence-corrected chi connectivity index (χ0v) is 7.66. The summed E-state index contributed by atoms with van der Waals surface area (Å²) in [7, 11) is 0. The zero-order valence-electron chi connectivity index (χ0n) is 7.66. The second-order valence-corrected chi connectivity index (χ2v) is 3.07. The van der Waals surface area contributed by atoms with Gasteiger partial charge in [0.25, 0.3) is 0 Å². The quantitative estimate of drug-likeness (QED) is 0.718. The Morgan fingerprint density at radius 1 is 1.54 bits per heavy atom. The lowest BCUT2D eigenvalue weighted by Crippen LogP contribution is -2.24. The standard InChI is InChI=1S/C9H13FN2O/c1-5-7(10)3-4-8(12-5)9(11)6(2)13/h3-4,6,9,13H,11H2,1-2H3/t6-,9-/m0/s1. The molecule has 72 valence electrons. The summed E-state index contributed by atoms with van der Waals surface area (Å²) in [6, 6.07) is 2.24. The highest BCUT2D eigenvalue weighted by molar-refractivity contribution is 5.15. The van der Waals surface area contributed by atoms with Crippen molar-refractivity contribution in [3.8, 4) is 0 Å². The highest BCUT2D eigenvalue weighted by Crippen LogP contribution is 2.13. The van der Waals surface area contributed by atoms with Crippen LogP contribution in [0, 0.1) is 12.7 Å². The predicted molar refractivity (Wildman–Crippen MR) is 47.5 cm³/mol. The maximum atomic E-state index is 12.8. The molecule has 1 aromatic heterocycles. The van der Waals surface area contributed by atoms with E-state index < -0.39 is 12.1 Å². The molecule has 1 aromatic rings. The first kappa shape index (κ1) is 10.1. The van der Waals surface area contributed by atoms with Gasteiger partial charge in [-0.05, 0) is 26.0 Å². The molecule has 0 unspecified atom stereocenters. The van der Waals surface area contributed by atoms with Crippen molar-refractivity contribution in [2.45, 2.75) is 26.0 Å². The third kappa shape index (κ3) is 2.23. The van der Waals surface area contributed by atoms with Crippen molar-refractivity contribution in [2.75, 3.05) is 0 Å². The second-order valence-electron chi connectivity index (χ2n) is 3.07. The van der Waals surface area contributed by atoms with E-state index in [1.165, 1.54) is 12.1 Å². The molecule has 0 aliphatic rings. The zero-order chi connectivity index (χ0) is 10.0. The minimum absolute atomic E-state index is 0.300. The number of aliphatic hydroxyl groups excluding tert-OH is 1. The van der Waals surface area contributed by atoms with Crippen molar-refractivity contribution in [1.82, 2.24) is 4.98 Å². The summed E-state index contributed by atoms with van der Waals surface area (Å²) in [6.45, 7) is 3.14. The Labute approximate surface area is 76.4 Å². The van der Waals surface area contributed by atoms with Crippen molar-refractivity contribution in [3.05, 3.63) is 29.3 Å². The molecule has 0 aliphatic carbocycles. The van der Waals surface area contributed by atoms with E-state index in [9.17, 15) is 9.50 Å². The van der Waals surface area contributed by atoms with Crippen LogP contribution < -0.4 is 5.73 Å². The van der Waals surface area contributed by atoms with E-state index in [4.69, 9.17) is 5.73 Å². The fraction of sp³-hybridized carbons (Fsp3) is 0.444. The molecule has 2 atom stereocenters. The normalized spacial score (nSPS) is 15.5. The number of nitrogens with zero attached hydrogens (tertiary/aromatic N) is 1. The van der Waals surface area contributed by atoms with Crippen LogP contribution in [-0.2, 0) is 0 Å². The summed E-state index contributed by atoms with van der Waals surface area (Å²) in [4.78, 5) is 3.93. The number of hydrogen-bond donors (Lipinski definition) is 2. The van der Waals surface area contributed by atoms with Gasteiger partial charge >= 0.3 is 0 Å². The molecule has 1 rings (SSSR count). The van der Waals surface area contributed by atoms with Crippen molar-refractivity contribution >= 4 is 0 Å². The first-order chi connectivity index (χ1) is 6.02. The molecular formula is C9H13FN2O.